The minimum Gasteiger partial charge on any atom is -0.369 e. The van der Waals surface area contributed by atoms with Gasteiger partial charge in [0, 0.05) is 18.3 Å². The highest BCUT2D eigenvalue weighted by Gasteiger charge is 2.17. The molecule has 1 saturated carbocycles. The van der Waals surface area contributed by atoms with Gasteiger partial charge in [-0.2, -0.15) is 5.10 Å². The van der Waals surface area contributed by atoms with Crippen LogP contribution in [0, 0.1) is 5.92 Å². The molecule has 0 radical (unpaired) electrons. The van der Waals surface area contributed by atoms with Crippen molar-refractivity contribution in [1.82, 2.24) is 10.2 Å². The fourth-order valence-electron chi connectivity index (χ4n) is 1.60. The van der Waals surface area contributed by atoms with Crippen LogP contribution in [0.5, 0.6) is 0 Å². The quantitative estimate of drug-likeness (QED) is 0.712. The van der Waals surface area contributed by atoms with Gasteiger partial charge >= 0.3 is 0 Å². The number of hydrogen-bond donors (Lipinski definition) is 2. The maximum atomic E-state index is 10.6. The Labute approximate surface area is 83.9 Å². The van der Waals surface area contributed by atoms with Crippen LogP contribution in [0.15, 0.2) is 18.5 Å². The molecular formula is C10H17N3O. The van der Waals surface area contributed by atoms with Gasteiger partial charge in [-0.1, -0.05) is 19.3 Å². The highest BCUT2D eigenvalue weighted by molar-refractivity contribution is 5.76. The number of H-pyrrole nitrogens is 1. The summed E-state index contributed by atoms with van der Waals surface area (Å²) in [6.07, 6.45) is 9.16. The molecule has 0 aromatic carbocycles. The van der Waals surface area contributed by atoms with Crippen molar-refractivity contribution in [3.63, 3.8) is 0 Å². The van der Waals surface area contributed by atoms with E-state index in [1.165, 1.54) is 19.3 Å². The Morgan fingerprint density at radius 1 is 1.36 bits per heavy atom. The summed E-state index contributed by atoms with van der Waals surface area (Å²) in [6, 6.07) is 1.83. The number of aromatic nitrogens is 2. The summed E-state index contributed by atoms with van der Waals surface area (Å²) < 4.78 is 0. The van der Waals surface area contributed by atoms with Gasteiger partial charge in [-0.3, -0.25) is 9.89 Å². The van der Waals surface area contributed by atoms with Crippen molar-refractivity contribution in [2.45, 2.75) is 32.1 Å². The molecule has 0 atom stereocenters. The second kappa shape index (κ2) is 6.18. The summed E-state index contributed by atoms with van der Waals surface area (Å²) in [4.78, 5) is 10.6. The van der Waals surface area contributed by atoms with Crippen molar-refractivity contribution in [2.24, 2.45) is 11.7 Å². The van der Waals surface area contributed by atoms with E-state index in [4.69, 9.17) is 5.73 Å². The molecule has 4 heteroatoms. The van der Waals surface area contributed by atoms with E-state index >= 15 is 0 Å². The van der Waals surface area contributed by atoms with Gasteiger partial charge < -0.3 is 5.73 Å². The number of carbonyl (C=O) groups is 1. The lowest BCUT2D eigenvalue weighted by molar-refractivity contribution is -0.122. The van der Waals surface area contributed by atoms with Crippen molar-refractivity contribution in [3.8, 4) is 0 Å². The number of amides is 1. The maximum absolute atomic E-state index is 10.6. The van der Waals surface area contributed by atoms with Crippen molar-refractivity contribution in [1.29, 1.82) is 0 Å². The van der Waals surface area contributed by atoms with Crippen molar-refractivity contribution in [2.75, 3.05) is 0 Å². The molecule has 78 valence electrons. The largest absolute Gasteiger partial charge is 0.369 e. The van der Waals surface area contributed by atoms with Gasteiger partial charge in [0.15, 0.2) is 0 Å². The molecule has 3 N–H and O–H groups in total. The molecule has 0 unspecified atom stereocenters. The van der Waals surface area contributed by atoms with E-state index in [1.807, 2.05) is 6.07 Å². The van der Waals surface area contributed by atoms with Gasteiger partial charge in [-0.15, -0.1) is 0 Å². The highest BCUT2D eigenvalue weighted by atomic mass is 16.1. The molecule has 1 aromatic rings. The van der Waals surface area contributed by atoms with E-state index < -0.39 is 0 Å². The Kier molecular flexibility index (Phi) is 4.75. The lowest BCUT2D eigenvalue weighted by atomic mass is 9.89. The Hall–Kier alpha value is -1.32. The van der Waals surface area contributed by atoms with E-state index in [-0.39, 0.29) is 11.8 Å². The van der Waals surface area contributed by atoms with Crippen LogP contribution in [0.25, 0.3) is 0 Å². The van der Waals surface area contributed by atoms with Crippen LogP contribution in [-0.4, -0.2) is 16.1 Å². The molecule has 0 bridgehead atoms. The van der Waals surface area contributed by atoms with Crippen molar-refractivity contribution in [3.05, 3.63) is 18.5 Å². The topological polar surface area (TPSA) is 71.8 Å². The summed E-state index contributed by atoms with van der Waals surface area (Å²) in [5.74, 6) is 0.0912. The molecule has 1 aliphatic carbocycles. The average molecular weight is 195 g/mol. The predicted octanol–water partition coefficient (Wildman–Crippen LogP) is 1.46. The monoisotopic (exact) mass is 195 g/mol. The summed E-state index contributed by atoms with van der Waals surface area (Å²) in [5, 5.41) is 6.21. The zero-order chi connectivity index (χ0) is 10.2. The Morgan fingerprint density at radius 3 is 2.36 bits per heavy atom. The number of rotatable bonds is 1. The fraction of sp³-hybridized carbons (Fsp3) is 0.600. The number of nitrogens with two attached hydrogens (primary N) is 1. The molecular weight excluding hydrogens is 178 g/mol. The highest BCUT2D eigenvalue weighted by Crippen LogP contribution is 2.22. The molecule has 0 spiro atoms. The number of carbonyl (C=O) groups excluding carboxylic acids is 1. The zero-order valence-corrected chi connectivity index (χ0v) is 8.28. The van der Waals surface area contributed by atoms with Crippen molar-refractivity contribution < 1.29 is 4.79 Å². The van der Waals surface area contributed by atoms with Crippen LogP contribution in [-0.2, 0) is 4.79 Å². The van der Waals surface area contributed by atoms with Gasteiger partial charge in [0.25, 0.3) is 0 Å². The third-order valence-electron chi connectivity index (χ3n) is 2.41. The molecule has 1 aromatic heterocycles. The normalized spacial score (nSPS) is 16.9. The Morgan fingerprint density at radius 2 is 2.07 bits per heavy atom. The average Bonchev–Trinajstić information content (AvgIpc) is 2.77. The lowest BCUT2D eigenvalue weighted by Gasteiger charge is -2.17. The third kappa shape index (κ3) is 4.07. The number of primary amides is 1. The Balaban J connectivity index is 0.000000165. The first-order valence-electron chi connectivity index (χ1n) is 5.04. The van der Waals surface area contributed by atoms with Gasteiger partial charge in [0.1, 0.15) is 0 Å². The molecule has 1 aliphatic rings. The lowest BCUT2D eigenvalue weighted by Crippen LogP contribution is -2.24. The van der Waals surface area contributed by atoms with E-state index in [2.05, 4.69) is 10.2 Å². The van der Waals surface area contributed by atoms with E-state index in [9.17, 15) is 4.79 Å². The van der Waals surface area contributed by atoms with Crippen LogP contribution in [0.2, 0.25) is 0 Å². The summed E-state index contributed by atoms with van der Waals surface area (Å²) >= 11 is 0. The third-order valence-corrected chi connectivity index (χ3v) is 2.41. The van der Waals surface area contributed by atoms with Crippen LogP contribution in [0.3, 0.4) is 0 Å². The predicted molar refractivity (Wildman–Crippen MR) is 54.4 cm³/mol. The van der Waals surface area contributed by atoms with Crippen LogP contribution in [0.4, 0.5) is 0 Å². The minimum absolute atomic E-state index is 0.102. The zero-order valence-electron chi connectivity index (χ0n) is 8.28. The number of hydrogen-bond acceptors (Lipinski definition) is 2. The second-order valence-electron chi connectivity index (χ2n) is 3.50. The van der Waals surface area contributed by atoms with Gasteiger partial charge in [0.05, 0.1) is 0 Å². The molecule has 1 heterocycles. The maximum Gasteiger partial charge on any atom is 0.220 e. The van der Waals surface area contributed by atoms with E-state index in [0.717, 1.165) is 12.8 Å². The molecule has 2 rings (SSSR count). The SMILES string of the molecule is NC(=O)C1CCCCC1.c1cn[nH]c1. The molecule has 1 amide bonds. The van der Waals surface area contributed by atoms with Gasteiger partial charge in [0.2, 0.25) is 5.91 Å². The van der Waals surface area contributed by atoms with Gasteiger partial charge in [-0.05, 0) is 18.9 Å². The summed E-state index contributed by atoms with van der Waals surface area (Å²) in [5.41, 5.74) is 5.13. The molecule has 14 heavy (non-hydrogen) atoms. The van der Waals surface area contributed by atoms with Crippen LogP contribution in [0.1, 0.15) is 32.1 Å². The van der Waals surface area contributed by atoms with E-state index in [1.54, 1.807) is 12.4 Å². The molecule has 4 nitrogen and oxygen atoms in total. The summed E-state index contributed by atoms with van der Waals surface area (Å²) in [6.45, 7) is 0. The first-order chi connectivity index (χ1) is 6.80. The van der Waals surface area contributed by atoms with Crippen LogP contribution < -0.4 is 5.73 Å². The van der Waals surface area contributed by atoms with Crippen LogP contribution >= 0.6 is 0 Å². The molecule has 1 fully saturated rings. The molecule has 0 aliphatic heterocycles. The first-order valence-corrected chi connectivity index (χ1v) is 5.04. The van der Waals surface area contributed by atoms with Crippen molar-refractivity contribution >= 4 is 5.91 Å². The Bertz CT molecular complexity index is 223. The fourth-order valence-corrected chi connectivity index (χ4v) is 1.60. The number of aromatic amines is 1. The van der Waals surface area contributed by atoms with E-state index in [0.29, 0.717) is 0 Å². The minimum atomic E-state index is -0.102. The second-order valence-corrected chi connectivity index (χ2v) is 3.50. The standard InChI is InChI=1S/C7H13NO.C3H4N2/c8-7(9)6-4-2-1-3-5-6;1-2-4-5-3-1/h6H,1-5H2,(H2,8,9);1-3H,(H,4,5). The number of nitrogens with zero attached hydrogens (tertiary/aromatic N) is 1. The molecule has 0 saturated heterocycles. The number of nitrogens with one attached hydrogen (secondary N) is 1. The smallest absolute Gasteiger partial charge is 0.220 e. The first kappa shape index (κ1) is 10.8. The van der Waals surface area contributed by atoms with Gasteiger partial charge in [-0.25, -0.2) is 0 Å². The summed E-state index contributed by atoms with van der Waals surface area (Å²) in [7, 11) is 0.